The molecule has 0 atom stereocenters. The topological polar surface area (TPSA) is 84.5 Å². The van der Waals surface area contributed by atoms with E-state index in [1.807, 2.05) is 0 Å². The van der Waals surface area contributed by atoms with Crippen molar-refractivity contribution in [1.29, 1.82) is 0 Å². The third-order valence-corrected chi connectivity index (χ3v) is 5.68. The number of amides is 1. The van der Waals surface area contributed by atoms with Gasteiger partial charge in [-0.05, 0) is 62.8 Å². The zero-order chi connectivity index (χ0) is 17.6. The van der Waals surface area contributed by atoms with Crippen LogP contribution in [-0.4, -0.2) is 33.5 Å². The first kappa shape index (κ1) is 18.7. The van der Waals surface area contributed by atoms with Crippen LogP contribution in [0.2, 0.25) is 0 Å². The van der Waals surface area contributed by atoms with Crippen LogP contribution >= 0.6 is 0 Å². The summed E-state index contributed by atoms with van der Waals surface area (Å²) in [5.74, 6) is 0.607. The summed E-state index contributed by atoms with van der Waals surface area (Å²) in [7, 11) is -3.55. The quantitative estimate of drug-likeness (QED) is 0.700. The molecule has 0 heterocycles. The van der Waals surface area contributed by atoms with E-state index in [9.17, 15) is 13.2 Å². The van der Waals surface area contributed by atoms with Gasteiger partial charge in [0.15, 0.2) is 0 Å². The first-order valence-electron chi connectivity index (χ1n) is 8.40. The summed E-state index contributed by atoms with van der Waals surface area (Å²) in [6.45, 7) is 3.93. The Balaban J connectivity index is 1.92. The van der Waals surface area contributed by atoms with Crippen molar-refractivity contribution in [1.82, 2.24) is 10.0 Å². The molecule has 1 saturated carbocycles. The summed E-state index contributed by atoms with van der Waals surface area (Å²) < 4.78 is 33.2. The van der Waals surface area contributed by atoms with Gasteiger partial charge in [-0.3, -0.25) is 4.79 Å². The number of carbonyl (C=O) groups excluding carboxylic acids is 1. The lowest BCUT2D eigenvalue weighted by atomic mass is 10.2. The highest BCUT2D eigenvalue weighted by atomic mass is 32.2. The van der Waals surface area contributed by atoms with Crippen molar-refractivity contribution in [2.45, 2.75) is 57.0 Å². The second-order valence-electron chi connectivity index (χ2n) is 6.19. The number of rotatable bonds is 8. The van der Waals surface area contributed by atoms with E-state index in [1.165, 1.54) is 19.8 Å². The Morgan fingerprint density at radius 2 is 1.96 bits per heavy atom. The molecule has 0 aromatic heterocycles. The molecule has 7 heteroatoms. The van der Waals surface area contributed by atoms with Gasteiger partial charge in [0.2, 0.25) is 15.9 Å². The highest BCUT2D eigenvalue weighted by Crippen LogP contribution is 2.26. The van der Waals surface area contributed by atoms with Gasteiger partial charge in [-0.2, -0.15) is 0 Å². The van der Waals surface area contributed by atoms with E-state index in [4.69, 9.17) is 4.74 Å². The zero-order valence-electron chi connectivity index (χ0n) is 14.3. The van der Waals surface area contributed by atoms with Gasteiger partial charge in [0.05, 0.1) is 11.0 Å². The molecule has 24 heavy (non-hydrogen) atoms. The third-order valence-electron chi connectivity index (χ3n) is 4.06. The van der Waals surface area contributed by atoms with Crippen LogP contribution in [0.3, 0.4) is 0 Å². The Morgan fingerprint density at radius 1 is 1.25 bits per heavy atom. The third kappa shape index (κ3) is 5.49. The minimum Gasteiger partial charge on any atom is -0.490 e. The number of sulfonamides is 1. The van der Waals surface area contributed by atoms with Crippen molar-refractivity contribution >= 4 is 15.9 Å². The predicted octanol–water partition coefficient (Wildman–Crippen LogP) is 2.12. The smallest absolute Gasteiger partial charge is 0.240 e. The Kier molecular flexibility index (Phi) is 6.62. The number of benzene rings is 1. The van der Waals surface area contributed by atoms with Crippen molar-refractivity contribution in [2.75, 3.05) is 13.1 Å². The Hall–Kier alpha value is -1.60. The predicted molar refractivity (Wildman–Crippen MR) is 92.6 cm³/mol. The molecule has 6 nitrogen and oxygen atoms in total. The largest absolute Gasteiger partial charge is 0.490 e. The standard InChI is InChI=1S/C17H26N2O4S/c1-13-12-16(23-15-6-3-4-7-15)8-9-17(13)24(21,22)19-11-5-10-18-14(2)20/h8-9,12,15,19H,3-7,10-11H2,1-2H3,(H,18,20). The first-order chi connectivity index (χ1) is 11.4. The van der Waals surface area contributed by atoms with E-state index in [0.717, 1.165) is 18.6 Å². The van der Waals surface area contributed by atoms with Gasteiger partial charge in [0, 0.05) is 20.0 Å². The van der Waals surface area contributed by atoms with Crippen molar-refractivity contribution in [3.63, 3.8) is 0 Å². The summed E-state index contributed by atoms with van der Waals surface area (Å²) >= 11 is 0. The van der Waals surface area contributed by atoms with Gasteiger partial charge in [0.1, 0.15) is 5.75 Å². The first-order valence-corrected chi connectivity index (χ1v) is 9.88. The van der Waals surface area contributed by atoms with E-state index in [-0.39, 0.29) is 23.5 Å². The van der Waals surface area contributed by atoms with E-state index < -0.39 is 10.0 Å². The fourth-order valence-corrected chi connectivity index (χ4v) is 4.13. The van der Waals surface area contributed by atoms with Crippen LogP contribution < -0.4 is 14.8 Å². The maximum Gasteiger partial charge on any atom is 0.240 e. The lowest BCUT2D eigenvalue weighted by Gasteiger charge is -2.15. The van der Waals surface area contributed by atoms with Crippen LogP contribution in [0.25, 0.3) is 0 Å². The molecule has 0 bridgehead atoms. The summed E-state index contributed by atoms with van der Waals surface area (Å²) in [4.78, 5) is 11.0. The zero-order valence-corrected chi connectivity index (χ0v) is 15.1. The molecular weight excluding hydrogens is 328 g/mol. The fraction of sp³-hybridized carbons (Fsp3) is 0.588. The summed E-state index contributed by atoms with van der Waals surface area (Å²) in [5, 5.41) is 2.63. The van der Waals surface area contributed by atoms with Crippen LogP contribution in [0, 0.1) is 6.92 Å². The summed E-state index contributed by atoms with van der Waals surface area (Å²) in [5.41, 5.74) is 0.667. The maximum atomic E-state index is 12.4. The van der Waals surface area contributed by atoms with Crippen LogP contribution in [0.4, 0.5) is 0 Å². The minimum absolute atomic E-state index is 0.119. The van der Waals surface area contributed by atoms with E-state index in [1.54, 1.807) is 25.1 Å². The molecule has 1 amide bonds. The highest BCUT2D eigenvalue weighted by Gasteiger charge is 2.19. The minimum atomic E-state index is -3.55. The number of nitrogens with one attached hydrogen (secondary N) is 2. The summed E-state index contributed by atoms with van der Waals surface area (Å²) in [6.07, 6.45) is 5.31. The lowest BCUT2D eigenvalue weighted by Crippen LogP contribution is -2.29. The molecule has 0 aliphatic heterocycles. The highest BCUT2D eigenvalue weighted by molar-refractivity contribution is 7.89. The fourth-order valence-electron chi connectivity index (χ4n) is 2.83. The Labute approximate surface area is 144 Å². The number of ether oxygens (including phenoxy) is 1. The molecule has 2 rings (SSSR count). The Bertz CT molecular complexity index is 667. The molecular formula is C17H26N2O4S. The van der Waals surface area contributed by atoms with Crippen LogP contribution in [-0.2, 0) is 14.8 Å². The van der Waals surface area contributed by atoms with Gasteiger partial charge < -0.3 is 10.1 Å². The molecule has 1 aromatic rings. The molecule has 134 valence electrons. The number of hydrogen-bond acceptors (Lipinski definition) is 4. The molecule has 0 spiro atoms. The number of hydrogen-bond donors (Lipinski definition) is 2. The second-order valence-corrected chi connectivity index (χ2v) is 7.92. The van der Waals surface area contributed by atoms with Gasteiger partial charge in [-0.15, -0.1) is 0 Å². The van der Waals surface area contributed by atoms with Crippen molar-refractivity contribution in [2.24, 2.45) is 0 Å². The number of carbonyl (C=O) groups is 1. The second kappa shape index (κ2) is 8.48. The maximum absolute atomic E-state index is 12.4. The average Bonchev–Trinajstić information content (AvgIpc) is 2.99. The molecule has 1 aromatic carbocycles. The van der Waals surface area contributed by atoms with Crippen molar-refractivity contribution < 1.29 is 17.9 Å². The van der Waals surface area contributed by atoms with Crippen LogP contribution in [0.15, 0.2) is 23.1 Å². The average molecular weight is 354 g/mol. The van der Waals surface area contributed by atoms with E-state index in [0.29, 0.717) is 18.5 Å². The SMILES string of the molecule is CC(=O)NCCCNS(=O)(=O)c1ccc(OC2CCCC2)cc1C. The molecule has 2 N–H and O–H groups in total. The molecule has 0 radical (unpaired) electrons. The molecule has 0 saturated heterocycles. The molecule has 0 unspecified atom stereocenters. The van der Waals surface area contributed by atoms with E-state index in [2.05, 4.69) is 10.0 Å². The molecule has 1 fully saturated rings. The van der Waals surface area contributed by atoms with Crippen molar-refractivity contribution in [3.8, 4) is 5.75 Å². The molecule has 1 aliphatic rings. The van der Waals surface area contributed by atoms with Gasteiger partial charge >= 0.3 is 0 Å². The molecule has 1 aliphatic carbocycles. The van der Waals surface area contributed by atoms with Crippen LogP contribution in [0.1, 0.15) is 44.6 Å². The van der Waals surface area contributed by atoms with E-state index >= 15 is 0 Å². The Morgan fingerprint density at radius 3 is 2.58 bits per heavy atom. The van der Waals surface area contributed by atoms with Crippen LogP contribution in [0.5, 0.6) is 5.75 Å². The van der Waals surface area contributed by atoms with Gasteiger partial charge in [-0.1, -0.05) is 0 Å². The van der Waals surface area contributed by atoms with Gasteiger partial charge in [-0.25, -0.2) is 13.1 Å². The number of aryl methyl sites for hydroxylation is 1. The lowest BCUT2D eigenvalue weighted by molar-refractivity contribution is -0.118. The monoisotopic (exact) mass is 354 g/mol. The van der Waals surface area contributed by atoms with Crippen molar-refractivity contribution in [3.05, 3.63) is 23.8 Å². The van der Waals surface area contributed by atoms with Gasteiger partial charge in [0.25, 0.3) is 0 Å². The normalized spacial score (nSPS) is 15.4. The summed E-state index contributed by atoms with van der Waals surface area (Å²) in [6, 6.07) is 5.09.